The van der Waals surface area contributed by atoms with Gasteiger partial charge in [-0.2, -0.15) is 11.8 Å². The van der Waals surface area contributed by atoms with Gasteiger partial charge in [-0.1, -0.05) is 19.6 Å². The molecule has 0 unspecified atom stereocenters. The van der Waals surface area contributed by atoms with Crippen LogP contribution in [0, 0.1) is 11.7 Å². The maximum absolute atomic E-state index is 15.4. The molecule has 2 fully saturated rings. The molecule has 1 aromatic carbocycles. The Balaban J connectivity index is 1.41. The first-order chi connectivity index (χ1) is 20.8. The van der Waals surface area contributed by atoms with Gasteiger partial charge in [-0.15, -0.1) is 0 Å². The number of benzene rings is 1. The number of carbonyl (C=O) groups is 1. The molecule has 0 radical (unpaired) electrons. The highest BCUT2D eigenvalue weighted by atomic mass is 32.2. The summed E-state index contributed by atoms with van der Waals surface area (Å²) in [6, 6.07) is 3.93. The van der Waals surface area contributed by atoms with Crippen molar-refractivity contribution in [3.8, 4) is 5.75 Å². The third-order valence-corrected chi connectivity index (χ3v) is 11.0. The molecule has 1 aromatic heterocycles. The molecule has 12 heteroatoms. The highest BCUT2D eigenvalue weighted by Crippen LogP contribution is 2.28. The van der Waals surface area contributed by atoms with Crippen molar-refractivity contribution in [3.63, 3.8) is 0 Å². The Bertz CT molecular complexity index is 1310. The lowest BCUT2D eigenvalue weighted by molar-refractivity contribution is 0.0177. The first-order valence-electron chi connectivity index (χ1n) is 15.9. The average Bonchev–Trinajstić information content (AvgIpc) is 2.94. The minimum absolute atomic E-state index is 0.0412. The highest BCUT2D eigenvalue weighted by Gasteiger charge is 2.27. The van der Waals surface area contributed by atoms with Crippen LogP contribution in [0.5, 0.6) is 5.75 Å². The number of carbonyl (C=O) groups excluding carboxylic acids is 1. The molecule has 9 nitrogen and oxygen atoms in total. The van der Waals surface area contributed by atoms with E-state index < -0.39 is 25.1 Å². The lowest BCUT2D eigenvalue weighted by atomic mass is 9.94. The van der Waals surface area contributed by atoms with Gasteiger partial charge in [0.05, 0.1) is 17.9 Å². The van der Waals surface area contributed by atoms with Crippen LogP contribution in [0.3, 0.4) is 0 Å². The normalized spacial score (nSPS) is 17.3. The van der Waals surface area contributed by atoms with Gasteiger partial charge >= 0.3 is 6.09 Å². The Kier molecular flexibility index (Phi) is 12.2. The number of aromatic nitrogens is 2. The molecule has 2 aliphatic heterocycles. The molecule has 0 bridgehead atoms. The van der Waals surface area contributed by atoms with Crippen molar-refractivity contribution in [2.75, 3.05) is 39.5 Å². The fourth-order valence-electron chi connectivity index (χ4n) is 5.29. The molecule has 2 aliphatic rings. The van der Waals surface area contributed by atoms with Crippen molar-refractivity contribution in [2.45, 2.75) is 102 Å². The first-order valence-corrected chi connectivity index (χ1v) is 20.7. The summed E-state index contributed by atoms with van der Waals surface area (Å²) < 4.78 is 39.8. The maximum Gasteiger partial charge on any atom is 0.410 e. The van der Waals surface area contributed by atoms with Crippen LogP contribution in [-0.2, 0) is 26.7 Å². The van der Waals surface area contributed by atoms with E-state index in [0.717, 1.165) is 51.4 Å². The predicted octanol–water partition coefficient (Wildman–Crippen LogP) is 6.68. The Labute approximate surface area is 266 Å². The molecule has 44 heavy (non-hydrogen) atoms. The van der Waals surface area contributed by atoms with Crippen LogP contribution in [0.4, 0.5) is 9.18 Å². The van der Waals surface area contributed by atoms with Gasteiger partial charge in [-0.3, -0.25) is 9.36 Å². The van der Waals surface area contributed by atoms with E-state index in [1.165, 1.54) is 10.6 Å². The monoisotopic (exact) mass is 651 g/mol. The van der Waals surface area contributed by atoms with Crippen LogP contribution in [-0.4, -0.2) is 79.0 Å². The fourth-order valence-corrected chi connectivity index (χ4v) is 7.18. The number of ether oxygens (including phenoxy) is 4. The van der Waals surface area contributed by atoms with E-state index in [4.69, 9.17) is 23.9 Å². The van der Waals surface area contributed by atoms with E-state index in [-0.39, 0.29) is 18.2 Å². The van der Waals surface area contributed by atoms with Crippen molar-refractivity contribution in [1.82, 2.24) is 14.5 Å². The van der Waals surface area contributed by atoms with Gasteiger partial charge in [0.15, 0.2) is 0 Å². The van der Waals surface area contributed by atoms with Crippen molar-refractivity contribution < 1.29 is 28.1 Å². The number of piperidine rings is 1. The van der Waals surface area contributed by atoms with Gasteiger partial charge in [0.2, 0.25) is 0 Å². The van der Waals surface area contributed by atoms with Gasteiger partial charge in [-0.25, -0.2) is 14.2 Å². The summed E-state index contributed by atoms with van der Waals surface area (Å²) in [6.45, 7) is 16.2. The van der Waals surface area contributed by atoms with E-state index in [0.29, 0.717) is 60.3 Å². The second kappa shape index (κ2) is 15.4. The molecular weight excluding hydrogens is 602 g/mol. The Morgan fingerprint density at radius 1 is 1.11 bits per heavy atom. The molecular formula is C32H50FN3O6SSi. The first kappa shape index (κ1) is 34.7. The van der Waals surface area contributed by atoms with Crippen LogP contribution in [0.25, 0.3) is 10.9 Å². The third-order valence-electron chi connectivity index (χ3n) is 7.96. The summed E-state index contributed by atoms with van der Waals surface area (Å²) in [6.07, 6.45) is 4.17. The molecule has 3 heterocycles. The van der Waals surface area contributed by atoms with Gasteiger partial charge in [0, 0.05) is 58.4 Å². The molecule has 1 amide bonds. The van der Waals surface area contributed by atoms with Crippen molar-refractivity contribution in [2.24, 2.45) is 5.92 Å². The average molecular weight is 652 g/mol. The van der Waals surface area contributed by atoms with Crippen LogP contribution >= 0.6 is 11.8 Å². The van der Waals surface area contributed by atoms with Crippen LogP contribution in [0.15, 0.2) is 16.9 Å². The van der Waals surface area contributed by atoms with E-state index >= 15 is 4.39 Å². The second-order valence-corrected chi connectivity index (χ2v) is 21.0. The zero-order valence-corrected chi connectivity index (χ0v) is 29.1. The zero-order chi connectivity index (χ0) is 31.9. The third kappa shape index (κ3) is 10.5. The number of likely N-dealkylation sites (tertiary alicyclic amines) is 1. The molecule has 0 spiro atoms. The zero-order valence-electron chi connectivity index (χ0n) is 27.3. The van der Waals surface area contributed by atoms with Gasteiger partial charge in [0.1, 0.15) is 35.1 Å². The van der Waals surface area contributed by atoms with E-state index in [2.05, 4.69) is 19.6 Å². The van der Waals surface area contributed by atoms with E-state index in [1.54, 1.807) is 22.7 Å². The quantitative estimate of drug-likeness (QED) is 0.186. The standard InChI is InChI=1S/C32H50FN3O6SSi/c1-32(2,3)42-31(38)35-12-7-23(8-13-35)9-16-41-24-19-26(33)29-27(20-24)34-28(21-43-25-10-14-39-15-11-25)36(30(29)37)22-40-17-18-44(4,5)6/h19-20,23,25H,7-18,21-22H2,1-6H3. The summed E-state index contributed by atoms with van der Waals surface area (Å²) in [5.41, 5.74) is -0.632. The largest absolute Gasteiger partial charge is 0.493 e. The SMILES string of the molecule is CC(C)(C)OC(=O)N1CCC(CCOc2cc(F)c3c(=O)n(COCC[Si](C)(C)C)c(CSC4CCOCC4)nc3c2)CC1. The van der Waals surface area contributed by atoms with Crippen LogP contribution in [0.2, 0.25) is 25.7 Å². The van der Waals surface area contributed by atoms with Crippen molar-refractivity contribution in [1.29, 1.82) is 0 Å². The van der Waals surface area contributed by atoms with Crippen LogP contribution in [0.1, 0.15) is 58.7 Å². The smallest absolute Gasteiger partial charge is 0.410 e. The molecule has 246 valence electrons. The molecule has 0 N–H and O–H groups in total. The summed E-state index contributed by atoms with van der Waals surface area (Å²) in [4.78, 5) is 32.5. The van der Waals surface area contributed by atoms with Crippen molar-refractivity contribution in [3.05, 3.63) is 34.1 Å². The molecule has 4 rings (SSSR count). The van der Waals surface area contributed by atoms with Crippen molar-refractivity contribution >= 4 is 36.8 Å². The van der Waals surface area contributed by atoms with Gasteiger partial charge in [0.25, 0.3) is 5.56 Å². The number of halogens is 1. The number of amides is 1. The minimum Gasteiger partial charge on any atom is -0.493 e. The minimum atomic E-state index is -1.30. The number of hydrogen-bond acceptors (Lipinski definition) is 8. The van der Waals surface area contributed by atoms with E-state index in [9.17, 15) is 9.59 Å². The summed E-state index contributed by atoms with van der Waals surface area (Å²) in [7, 11) is -1.30. The molecule has 2 aromatic rings. The second-order valence-electron chi connectivity index (χ2n) is 14.1. The lowest BCUT2D eigenvalue weighted by Crippen LogP contribution is -2.41. The number of hydrogen-bond donors (Lipinski definition) is 0. The molecule has 0 saturated carbocycles. The molecule has 0 atom stereocenters. The lowest BCUT2D eigenvalue weighted by Gasteiger charge is -2.33. The fraction of sp³-hybridized carbons (Fsp3) is 0.719. The predicted molar refractivity (Wildman–Crippen MR) is 176 cm³/mol. The topological polar surface area (TPSA) is 92.1 Å². The number of thioether (sulfide) groups is 1. The highest BCUT2D eigenvalue weighted by molar-refractivity contribution is 7.99. The molecule has 0 aliphatic carbocycles. The van der Waals surface area contributed by atoms with Crippen LogP contribution < -0.4 is 10.3 Å². The summed E-state index contributed by atoms with van der Waals surface area (Å²) >= 11 is 1.76. The Hall–Kier alpha value is -2.15. The van der Waals surface area contributed by atoms with E-state index in [1.807, 2.05) is 20.8 Å². The number of fused-ring (bicyclic) bond motifs is 1. The number of rotatable bonds is 12. The van der Waals surface area contributed by atoms with Gasteiger partial charge in [-0.05, 0) is 64.8 Å². The Morgan fingerprint density at radius 2 is 1.82 bits per heavy atom. The van der Waals surface area contributed by atoms with Gasteiger partial charge < -0.3 is 23.8 Å². The molecule has 2 saturated heterocycles. The number of nitrogens with zero attached hydrogens (tertiary/aromatic N) is 3. The summed E-state index contributed by atoms with van der Waals surface area (Å²) in [5.74, 6) is 1.24. The Morgan fingerprint density at radius 3 is 2.48 bits per heavy atom. The summed E-state index contributed by atoms with van der Waals surface area (Å²) in [5, 5.41) is 0.389. The maximum atomic E-state index is 15.4.